The van der Waals surface area contributed by atoms with E-state index in [1.54, 1.807) is 13.0 Å². The van der Waals surface area contributed by atoms with Gasteiger partial charge in [-0.15, -0.1) is 5.10 Å². The van der Waals surface area contributed by atoms with Crippen molar-refractivity contribution < 1.29 is 9.72 Å². The van der Waals surface area contributed by atoms with E-state index in [1.165, 1.54) is 16.9 Å². The minimum atomic E-state index is -0.449. The summed E-state index contributed by atoms with van der Waals surface area (Å²) >= 11 is 0. The van der Waals surface area contributed by atoms with Gasteiger partial charge in [0.2, 0.25) is 0 Å². The maximum atomic E-state index is 10.9. The molecule has 0 saturated heterocycles. The van der Waals surface area contributed by atoms with Crippen LogP contribution in [0.1, 0.15) is 21.6 Å². The largest absolute Gasteiger partial charge is 0.296 e. The van der Waals surface area contributed by atoms with E-state index in [-0.39, 0.29) is 11.4 Å². The second-order valence-electron chi connectivity index (χ2n) is 3.84. The molecule has 18 heavy (non-hydrogen) atoms. The van der Waals surface area contributed by atoms with Crippen molar-refractivity contribution in [2.75, 3.05) is 0 Å². The molecule has 0 aliphatic heterocycles. The number of benzene rings is 1. The van der Waals surface area contributed by atoms with E-state index in [9.17, 15) is 14.9 Å². The highest BCUT2D eigenvalue weighted by Gasteiger charge is 2.17. The van der Waals surface area contributed by atoms with E-state index >= 15 is 0 Å². The standard InChI is InChI=1S/C11H10N4O3/c1-7-3-4-10(15(17)18)8(2)11(7)14-5-9(6-16)12-13-14/h3-6H,1-2H3. The van der Waals surface area contributed by atoms with E-state index in [1.807, 2.05) is 6.92 Å². The molecule has 0 radical (unpaired) electrons. The van der Waals surface area contributed by atoms with Crippen molar-refractivity contribution in [1.82, 2.24) is 15.0 Å². The van der Waals surface area contributed by atoms with Crippen molar-refractivity contribution in [1.29, 1.82) is 0 Å². The lowest BCUT2D eigenvalue weighted by atomic mass is 10.1. The Hall–Kier alpha value is -2.57. The molecule has 1 heterocycles. The third-order valence-corrected chi connectivity index (χ3v) is 2.66. The number of hydrogen-bond donors (Lipinski definition) is 0. The minimum absolute atomic E-state index is 0.0127. The molecule has 0 aliphatic carbocycles. The molecule has 0 N–H and O–H groups in total. The summed E-state index contributed by atoms with van der Waals surface area (Å²) in [5.41, 5.74) is 2.08. The summed E-state index contributed by atoms with van der Waals surface area (Å²) in [7, 11) is 0. The predicted octanol–water partition coefficient (Wildman–Crippen LogP) is 1.60. The van der Waals surface area contributed by atoms with Gasteiger partial charge in [0.05, 0.1) is 22.4 Å². The van der Waals surface area contributed by atoms with Crippen molar-refractivity contribution in [3.63, 3.8) is 0 Å². The Morgan fingerprint density at radius 1 is 1.39 bits per heavy atom. The molecule has 92 valence electrons. The van der Waals surface area contributed by atoms with Crippen LogP contribution in [0.3, 0.4) is 0 Å². The number of nitro benzene ring substituents is 1. The number of nitro groups is 1. The Kier molecular flexibility index (Phi) is 2.88. The molecule has 0 aliphatic rings. The van der Waals surface area contributed by atoms with Crippen LogP contribution < -0.4 is 0 Å². The average molecular weight is 246 g/mol. The molecule has 1 aromatic carbocycles. The maximum Gasteiger partial charge on any atom is 0.274 e. The smallest absolute Gasteiger partial charge is 0.274 e. The normalized spacial score (nSPS) is 10.3. The molecule has 1 aromatic heterocycles. The van der Waals surface area contributed by atoms with Gasteiger partial charge in [-0.3, -0.25) is 14.9 Å². The summed E-state index contributed by atoms with van der Waals surface area (Å²) < 4.78 is 1.38. The van der Waals surface area contributed by atoms with Gasteiger partial charge in [0, 0.05) is 6.07 Å². The fourth-order valence-electron chi connectivity index (χ4n) is 1.82. The van der Waals surface area contributed by atoms with Gasteiger partial charge in [-0.25, -0.2) is 4.68 Å². The van der Waals surface area contributed by atoms with Gasteiger partial charge in [-0.1, -0.05) is 11.3 Å². The first-order chi connectivity index (χ1) is 8.54. The highest BCUT2D eigenvalue weighted by atomic mass is 16.6. The molecular formula is C11H10N4O3. The maximum absolute atomic E-state index is 10.9. The SMILES string of the molecule is Cc1ccc([N+](=O)[O-])c(C)c1-n1cc(C=O)nn1. The van der Waals surface area contributed by atoms with Crippen LogP contribution in [0.2, 0.25) is 0 Å². The second-order valence-corrected chi connectivity index (χ2v) is 3.84. The Bertz CT molecular complexity index is 633. The number of hydrogen-bond acceptors (Lipinski definition) is 5. The third-order valence-electron chi connectivity index (χ3n) is 2.66. The summed E-state index contributed by atoms with van der Waals surface area (Å²) in [6.45, 7) is 3.46. The molecule has 7 nitrogen and oxygen atoms in total. The van der Waals surface area contributed by atoms with Crippen LogP contribution in [-0.2, 0) is 0 Å². The molecule has 0 atom stereocenters. The first-order valence-corrected chi connectivity index (χ1v) is 5.17. The summed E-state index contributed by atoms with van der Waals surface area (Å²) in [5.74, 6) is 0. The van der Waals surface area contributed by atoms with E-state index < -0.39 is 4.92 Å². The molecule has 0 bridgehead atoms. The zero-order valence-corrected chi connectivity index (χ0v) is 9.82. The summed E-state index contributed by atoms with van der Waals surface area (Å²) in [6, 6.07) is 3.09. The first kappa shape index (κ1) is 11.9. The molecular weight excluding hydrogens is 236 g/mol. The molecule has 0 fully saturated rings. The third kappa shape index (κ3) is 1.86. The Morgan fingerprint density at radius 3 is 2.67 bits per heavy atom. The number of aromatic nitrogens is 3. The van der Waals surface area contributed by atoms with Gasteiger partial charge < -0.3 is 0 Å². The van der Waals surface area contributed by atoms with Crippen molar-refractivity contribution in [2.24, 2.45) is 0 Å². The molecule has 0 saturated carbocycles. The fraction of sp³-hybridized carbons (Fsp3) is 0.182. The zero-order valence-electron chi connectivity index (χ0n) is 9.82. The number of aryl methyl sites for hydroxylation is 1. The van der Waals surface area contributed by atoms with E-state index in [4.69, 9.17) is 0 Å². The van der Waals surface area contributed by atoms with Gasteiger partial charge in [0.1, 0.15) is 5.69 Å². The predicted molar refractivity (Wildman–Crippen MR) is 62.9 cm³/mol. The van der Waals surface area contributed by atoms with Crippen LogP contribution in [0, 0.1) is 24.0 Å². The van der Waals surface area contributed by atoms with Crippen LogP contribution >= 0.6 is 0 Å². The lowest BCUT2D eigenvalue weighted by Crippen LogP contribution is -2.04. The zero-order chi connectivity index (χ0) is 13.3. The average Bonchev–Trinajstić information content (AvgIpc) is 2.77. The fourth-order valence-corrected chi connectivity index (χ4v) is 1.82. The quantitative estimate of drug-likeness (QED) is 0.466. The number of aldehydes is 1. The minimum Gasteiger partial charge on any atom is -0.296 e. The van der Waals surface area contributed by atoms with Crippen molar-refractivity contribution in [3.8, 4) is 5.69 Å². The molecule has 2 rings (SSSR count). The number of carbonyl (C=O) groups excluding carboxylic acids is 1. The first-order valence-electron chi connectivity index (χ1n) is 5.17. The number of carbonyl (C=O) groups is 1. The molecule has 0 unspecified atom stereocenters. The summed E-state index contributed by atoms with van der Waals surface area (Å²) in [5, 5.41) is 18.3. The summed E-state index contributed by atoms with van der Waals surface area (Å²) in [6.07, 6.45) is 2.01. The van der Waals surface area contributed by atoms with Crippen LogP contribution in [0.15, 0.2) is 18.3 Å². The highest BCUT2D eigenvalue weighted by molar-refractivity contribution is 5.71. The van der Waals surface area contributed by atoms with Gasteiger partial charge in [0.15, 0.2) is 6.29 Å². The van der Waals surface area contributed by atoms with Crippen molar-refractivity contribution in [2.45, 2.75) is 13.8 Å². The van der Waals surface area contributed by atoms with E-state index in [0.29, 0.717) is 17.5 Å². The van der Waals surface area contributed by atoms with Gasteiger partial charge in [-0.2, -0.15) is 0 Å². The lowest BCUT2D eigenvalue weighted by Gasteiger charge is -2.08. The lowest BCUT2D eigenvalue weighted by molar-refractivity contribution is -0.385. The van der Waals surface area contributed by atoms with Crippen LogP contribution in [-0.4, -0.2) is 26.2 Å². The van der Waals surface area contributed by atoms with Crippen LogP contribution in [0.4, 0.5) is 5.69 Å². The molecule has 2 aromatic rings. The number of nitrogens with zero attached hydrogens (tertiary/aromatic N) is 4. The van der Waals surface area contributed by atoms with Crippen molar-refractivity contribution in [3.05, 3.63) is 45.3 Å². The Labute approximate surface area is 102 Å². The van der Waals surface area contributed by atoms with Gasteiger partial charge >= 0.3 is 0 Å². The second kappa shape index (κ2) is 4.36. The number of rotatable bonds is 3. The molecule has 0 spiro atoms. The van der Waals surface area contributed by atoms with Crippen LogP contribution in [0.5, 0.6) is 0 Å². The highest BCUT2D eigenvalue weighted by Crippen LogP contribution is 2.26. The monoisotopic (exact) mass is 246 g/mol. The topological polar surface area (TPSA) is 90.9 Å². The van der Waals surface area contributed by atoms with E-state index in [0.717, 1.165) is 5.56 Å². The Morgan fingerprint density at radius 2 is 2.11 bits per heavy atom. The molecule has 0 amide bonds. The van der Waals surface area contributed by atoms with Crippen molar-refractivity contribution >= 4 is 12.0 Å². The molecule has 7 heteroatoms. The van der Waals surface area contributed by atoms with Gasteiger partial charge in [0.25, 0.3) is 5.69 Å². The summed E-state index contributed by atoms with van der Waals surface area (Å²) in [4.78, 5) is 21.0. The Balaban J connectivity index is 2.65. The van der Waals surface area contributed by atoms with E-state index in [2.05, 4.69) is 10.3 Å². The van der Waals surface area contributed by atoms with Crippen LogP contribution in [0.25, 0.3) is 5.69 Å². The van der Waals surface area contributed by atoms with Gasteiger partial charge in [-0.05, 0) is 19.4 Å².